The van der Waals surface area contributed by atoms with E-state index >= 15 is 0 Å². The average molecular weight is 373 g/mol. The third-order valence-corrected chi connectivity index (χ3v) is 3.68. The lowest BCUT2D eigenvalue weighted by Crippen LogP contribution is -2.12. The number of nitrogens with zero attached hydrogens (tertiary/aromatic N) is 3. The lowest BCUT2D eigenvalue weighted by molar-refractivity contribution is -0.137. The first kappa shape index (κ1) is 18.5. The molecule has 0 amide bonds. The van der Waals surface area contributed by atoms with Gasteiger partial charge in [0.25, 0.3) is 5.82 Å². The second-order valence-electron chi connectivity index (χ2n) is 5.49. The molecule has 8 heteroatoms. The van der Waals surface area contributed by atoms with Crippen molar-refractivity contribution in [1.82, 2.24) is 15.2 Å². The number of esters is 1. The fraction of sp³-hybridized carbons (Fsp3) is 0.158. The van der Waals surface area contributed by atoms with Crippen LogP contribution < -0.4 is 0 Å². The minimum Gasteiger partial charge on any atom is -0.460 e. The predicted molar refractivity (Wildman–Crippen MR) is 91.7 cm³/mol. The Kier molecular flexibility index (Phi) is 5.16. The number of aromatic nitrogens is 3. The van der Waals surface area contributed by atoms with Gasteiger partial charge in [-0.25, -0.2) is 9.78 Å². The number of halogens is 3. The van der Waals surface area contributed by atoms with E-state index in [9.17, 15) is 18.0 Å². The van der Waals surface area contributed by atoms with E-state index in [4.69, 9.17) is 4.74 Å². The van der Waals surface area contributed by atoms with Crippen LogP contribution >= 0.6 is 0 Å². The Morgan fingerprint density at radius 3 is 2.15 bits per heavy atom. The molecular weight excluding hydrogens is 359 g/mol. The summed E-state index contributed by atoms with van der Waals surface area (Å²) in [6.45, 7) is 1.78. The molecule has 3 rings (SSSR count). The molecule has 0 unspecified atom stereocenters. The topological polar surface area (TPSA) is 65.0 Å². The Balaban J connectivity index is 2.12. The standard InChI is InChI=1S/C19H14F3N3O2/c1-2-27-18(26)17-23-15(13-8-10-14(11-9-13)19(20,21)22)16(24-25-17)12-6-4-3-5-7-12/h3-11H,2H2,1H3. The van der Waals surface area contributed by atoms with Crippen LogP contribution in [0.15, 0.2) is 54.6 Å². The Hall–Kier alpha value is -3.29. The zero-order chi connectivity index (χ0) is 19.4. The number of hydrogen-bond donors (Lipinski definition) is 0. The molecule has 0 bridgehead atoms. The van der Waals surface area contributed by atoms with Gasteiger partial charge in [0.15, 0.2) is 0 Å². The SMILES string of the molecule is CCOC(=O)c1nnc(-c2ccccc2)c(-c2ccc(C(F)(F)F)cc2)n1. The minimum absolute atomic E-state index is 0.137. The first-order valence-corrected chi connectivity index (χ1v) is 8.05. The summed E-state index contributed by atoms with van der Waals surface area (Å²) in [5, 5.41) is 7.87. The molecule has 5 nitrogen and oxygen atoms in total. The largest absolute Gasteiger partial charge is 0.460 e. The number of alkyl halides is 3. The van der Waals surface area contributed by atoms with Crippen LogP contribution in [-0.2, 0) is 10.9 Å². The van der Waals surface area contributed by atoms with Crippen LogP contribution in [0.5, 0.6) is 0 Å². The fourth-order valence-electron chi connectivity index (χ4n) is 2.42. The number of ether oxygens (including phenoxy) is 1. The van der Waals surface area contributed by atoms with E-state index in [2.05, 4.69) is 15.2 Å². The Bertz CT molecular complexity index is 943. The zero-order valence-electron chi connectivity index (χ0n) is 14.2. The monoisotopic (exact) mass is 373 g/mol. The maximum absolute atomic E-state index is 12.8. The van der Waals surface area contributed by atoms with Gasteiger partial charge in [-0.1, -0.05) is 42.5 Å². The molecule has 1 heterocycles. The van der Waals surface area contributed by atoms with Gasteiger partial charge in [-0.3, -0.25) is 0 Å². The van der Waals surface area contributed by atoms with Gasteiger partial charge in [0.05, 0.1) is 12.2 Å². The summed E-state index contributed by atoms with van der Waals surface area (Å²) in [7, 11) is 0. The third kappa shape index (κ3) is 4.11. The van der Waals surface area contributed by atoms with Crippen molar-refractivity contribution in [1.29, 1.82) is 0 Å². The molecule has 138 valence electrons. The van der Waals surface area contributed by atoms with E-state index in [1.54, 1.807) is 31.2 Å². The molecular formula is C19H14F3N3O2. The van der Waals surface area contributed by atoms with Gasteiger partial charge in [-0.15, -0.1) is 10.2 Å². The van der Waals surface area contributed by atoms with Crippen molar-refractivity contribution < 1.29 is 22.7 Å². The van der Waals surface area contributed by atoms with E-state index in [0.717, 1.165) is 12.1 Å². The number of benzene rings is 2. The number of rotatable bonds is 4. The molecule has 0 N–H and O–H groups in total. The van der Waals surface area contributed by atoms with Crippen molar-refractivity contribution in [3.8, 4) is 22.5 Å². The molecule has 0 aliphatic carbocycles. The van der Waals surface area contributed by atoms with Gasteiger partial charge < -0.3 is 4.74 Å². The Morgan fingerprint density at radius 2 is 1.56 bits per heavy atom. The van der Waals surface area contributed by atoms with Crippen molar-refractivity contribution in [2.75, 3.05) is 6.61 Å². The number of hydrogen-bond acceptors (Lipinski definition) is 5. The van der Waals surface area contributed by atoms with Crippen LogP contribution in [-0.4, -0.2) is 27.8 Å². The van der Waals surface area contributed by atoms with Gasteiger partial charge in [-0.05, 0) is 19.1 Å². The first-order valence-electron chi connectivity index (χ1n) is 8.05. The van der Waals surface area contributed by atoms with Crippen molar-refractivity contribution >= 4 is 5.97 Å². The molecule has 0 saturated carbocycles. The van der Waals surface area contributed by atoms with Crippen molar-refractivity contribution in [3.05, 3.63) is 66.0 Å². The molecule has 0 atom stereocenters. The van der Waals surface area contributed by atoms with Gasteiger partial charge in [-0.2, -0.15) is 13.2 Å². The molecule has 3 aromatic rings. The van der Waals surface area contributed by atoms with Gasteiger partial charge in [0, 0.05) is 11.1 Å². The highest BCUT2D eigenvalue weighted by molar-refractivity contribution is 5.87. The molecule has 2 aromatic carbocycles. The maximum atomic E-state index is 12.8. The summed E-state index contributed by atoms with van der Waals surface area (Å²) in [6, 6.07) is 13.4. The number of carbonyl (C=O) groups is 1. The summed E-state index contributed by atoms with van der Waals surface area (Å²) >= 11 is 0. The first-order chi connectivity index (χ1) is 12.9. The second-order valence-corrected chi connectivity index (χ2v) is 5.49. The molecule has 0 fully saturated rings. The van der Waals surface area contributed by atoms with E-state index in [-0.39, 0.29) is 18.1 Å². The third-order valence-electron chi connectivity index (χ3n) is 3.68. The van der Waals surface area contributed by atoms with E-state index in [1.807, 2.05) is 6.07 Å². The fourth-order valence-corrected chi connectivity index (χ4v) is 2.42. The van der Waals surface area contributed by atoms with E-state index < -0.39 is 17.7 Å². The van der Waals surface area contributed by atoms with E-state index in [0.29, 0.717) is 16.8 Å². The van der Waals surface area contributed by atoms with Crippen LogP contribution in [0.3, 0.4) is 0 Å². The summed E-state index contributed by atoms with van der Waals surface area (Å²) in [6.07, 6.45) is -4.44. The summed E-state index contributed by atoms with van der Waals surface area (Å²) in [4.78, 5) is 16.1. The molecule has 0 aliphatic heterocycles. The Labute approximate surface area is 152 Å². The number of carbonyl (C=O) groups excluding carboxylic acids is 1. The molecule has 0 aliphatic rings. The van der Waals surface area contributed by atoms with Crippen molar-refractivity contribution in [2.24, 2.45) is 0 Å². The van der Waals surface area contributed by atoms with E-state index in [1.165, 1.54) is 12.1 Å². The van der Waals surface area contributed by atoms with Crippen LogP contribution in [0, 0.1) is 0 Å². The van der Waals surface area contributed by atoms with Crippen molar-refractivity contribution in [2.45, 2.75) is 13.1 Å². The van der Waals surface area contributed by atoms with Crippen LogP contribution in [0.1, 0.15) is 23.1 Å². The highest BCUT2D eigenvalue weighted by Gasteiger charge is 2.30. The lowest BCUT2D eigenvalue weighted by atomic mass is 10.0. The van der Waals surface area contributed by atoms with Crippen molar-refractivity contribution in [3.63, 3.8) is 0 Å². The average Bonchev–Trinajstić information content (AvgIpc) is 2.68. The zero-order valence-corrected chi connectivity index (χ0v) is 14.2. The quantitative estimate of drug-likeness (QED) is 0.634. The maximum Gasteiger partial charge on any atom is 0.416 e. The Morgan fingerprint density at radius 1 is 0.926 bits per heavy atom. The molecule has 1 aromatic heterocycles. The molecule has 0 spiro atoms. The second kappa shape index (κ2) is 7.53. The van der Waals surface area contributed by atoms with Crippen LogP contribution in [0.2, 0.25) is 0 Å². The molecule has 0 radical (unpaired) electrons. The minimum atomic E-state index is -4.44. The van der Waals surface area contributed by atoms with Gasteiger partial charge in [0.2, 0.25) is 0 Å². The molecule has 27 heavy (non-hydrogen) atoms. The summed E-state index contributed by atoms with van der Waals surface area (Å²) in [5.41, 5.74) is 0.863. The predicted octanol–water partition coefficient (Wildman–Crippen LogP) is 4.40. The van der Waals surface area contributed by atoms with Gasteiger partial charge in [0.1, 0.15) is 11.4 Å². The van der Waals surface area contributed by atoms with Gasteiger partial charge >= 0.3 is 12.1 Å². The summed E-state index contributed by atoms with van der Waals surface area (Å²) in [5.74, 6) is -1.01. The molecule has 0 saturated heterocycles. The van der Waals surface area contributed by atoms with Crippen LogP contribution in [0.4, 0.5) is 13.2 Å². The smallest absolute Gasteiger partial charge is 0.416 e. The summed E-state index contributed by atoms with van der Waals surface area (Å²) < 4.78 is 43.3. The lowest BCUT2D eigenvalue weighted by Gasteiger charge is -2.11. The highest BCUT2D eigenvalue weighted by Crippen LogP contribution is 2.33. The normalized spacial score (nSPS) is 11.3. The van der Waals surface area contributed by atoms with Crippen LogP contribution in [0.25, 0.3) is 22.5 Å². The highest BCUT2D eigenvalue weighted by atomic mass is 19.4.